The minimum absolute atomic E-state index is 0.0382. The van der Waals surface area contributed by atoms with Gasteiger partial charge in [-0.05, 0) is 44.9 Å². The van der Waals surface area contributed by atoms with Crippen molar-refractivity contribution in [3.05, 3.63) is 23.8 Å². The third-order valence-corrected chi connectivity index (χ3v) is 5.86. The van der Waals surface area contributed by atoms with Crippen molar-refractivity contribution < 1.29 is 9.59 Å². The molecule has 3 N–H and O–H groups in total. The molecule has 0 bridgehead atoms. The SMILES string of the molecule is C=C1NC(=O)C(CCCCCC/C=C/CCCCNC(=O)NCCCCC)S1. The van der Waals surface area contributed by atoms with Gasteiger partial charge in [0, 0.05) is 13.1 Å². The highest BCUT2D eigenvalue weighted by Crippen LogP contribution is 2.29. The van der Waals surface area contributed by atoms with Gasteiger partial charge in [0.05, 0.1) is 10.3 Å². The molecule has 1 heterocycles. The van der Waals surface area contributed by atoms with E-state index in [0.29, 0.717) is 0 Å². The number of urea groups is 1. The Morgan fingerprint density at radius 3 is 2.21 bits per heavy atom. The van der Waals surface area contributed by atoms with Crippen molar-refractivity contribution in [2.75, 3.05) is 13.1 Å². The smallest absolute Gasteiger partial charge is 0.314 e. The molecule has 5 nitrogen and oxygen atoms in total. The number of unbranched alkanes of at least 4 members (excludes halogenated alkanes) is 8. The molecule has 0 aliphatic carbocycles. The van der Waals surface area contributed by atoms with Crippen LogP contribution in [0.2, 0.25) is 0 Å². The van der Waals surface area contributed by atoms with Crippen LogP contribution in [0.15, 0.2) is 23.8 Å². The van der Waals surface area contributed by atoms with E-state index in [1.165, 1.54) is 32.1 Å². The van der Waals surface area contributed by atoms with Crippen molar-refractivity contribution in [3.63, 3.8) is 0 Å². The summed E-state index contributed by atoms with van der Waals surface area (Å²) in [4.78, 5) is 23.1. The van der Waals surface area contributed by atoms with Gasteiger partial charge in [-0.2, -0.15) is 0 Å². The van der Waals surface area contributed by atoms with Gasteiger partial charge in [0.1, 0.15) is 0 Å². The van der Waals surface area contributed by atoms with Crippen LogP contribution in [0.4, 0.5) is 4.79 Å². The number of carbonyl (C=O) groups excluding carboxylic acids is 2. The Labute approximate surface area is 175 Å². The molecule has 1 aliphatic rings. The maximum absolute atomic E-state index is 11.6. The second-order valence-electron chi connectivity index (χ2n) is 7.37. The van der Waals surface area contributed by atoms with Gasteiger partial charge in [-0.15, -0.1) is 0 Å². The van der Waals surface area contributed by atoms with Gasteiger partial charge in [0.15, 0.2) is 0 Å². The highest BCUT2D eigenvalue weighted by atomic mass is 32.2. The minimum atomic E-state index is -0.0382. The molecule has 1 fully saturated rings. The van der Waals surface area contributed by atoms with Crippen LogP contribution >= 0.6 is 11.8 Å². The zero-order valence-corrected chi connectivity index (χ0v) is 18.4. The second-order valence-corrected chi connectivity index (χ2v) is 8.66. The van der Waals surface area contributed by atoms with Gasteiger partial charge in [-0.25, -0.2) is 4.79 Å². The fourth-order valence-corrected chi connectivity index (χ4v) is 4.03. The number of allylic oxidation sites excluding steroid dienone is 2. The molecule has 3 amide bonds. The summed E-state index contributed by atoms with van der Waals surface area (Å²) in [5, 5.41) is 9.44. The fourth-order valence-electron chi connectivity index (χ4n) is 3.07. The number of hydrogen-bond donors (Lipinski definition) is 3. The molecule has 1 aliphatic heterocycles. The molecule has 0 spiro atoms. The summed E-state index contributed by atoms with van der Waals surface area (Å²) in [6.07, 6.45) is 18.0. The number of carbonyl (C=O) groups is 2. The second kappa shape index (κ2) is 16.5. The Kier molecular flexibility index (Phi) is 14.5. The number of amides is 3. The molecule has 0 aromatic heterocycles. The maximum Gasteiger partial charge on any atom is 0.314 e. The van der Waals surface area contributed by atoms with Gasteiger partial charge in [-0.1, -0.05) is 69.5 Å². The van der Waals surface area contributed by atoms with E-state index in [1.807, 2.05) is 0 Å². The Hall–Kier alpha value is -1.43. The average molecular weight is 410 g/mol. The highest BCUT2D eigenvalue weighted by molar-refractivity contribution is 8.04. The van der Waals surface area contributed by atoms with Gasteiger partial charge in [0.25, 0.3) is 0 Å². The molecular formula is C22H39N3O2S. The van der Waals surface area contributed by atoms with Crippen LogP contribution in [0.5, 0.6) is 0 Å². The average Bonchev–Trinajstić information content (AvgIpc) is 2.99. The lowest BCUT2D eigenvalue weighted by Crippen LogP contribution is -2.36. The van der Waals surface area contributed by atoms with E-state index in [0.717, 1.165) is 63.1 Å². The molecule has 160 valence electrons. The van der Waals surface area contributed by atoms with E-state index in [2.05, 4.69) is 41.6 Å². The summed E-state index contributed by atoms with van der Waals surface area (Å²) in [7, 11) is 0. The van der Waals surface area contributed by atoms with Gasteiger partial charge in [-0.3, -0.25) is 4.79 Å². The largest absolute Gasteiger partial charge is 0.338 e. The molecule has 6 heteroatoms. The van der Waals surface area contributed by atoms with Crippen molar-refractivity contribution >= 4 is 23.7 Å². The van der Waals surface area contributed by atoms with Crippen molar-refractivity contribution in [3.8, 4) is 0 Å². The van der Waals surface area contributed by atoms with Crippen LogP contribution in [0, 0.1) is 0 Å². The lowest BCUT2D eigenvalue weighted by Gasteiger charge is -2.06. The summed E-state index contributed by atoms with van der Waals surface area (Å²) >= 11 is 1.57. The van der Waals surface area contributed by atoms with Gasteiger partial charge >= 0.3 is 6.03 Å². The number of thioether (sulfide) groups is 1. The van der Waals surface area contributed by atoms with E-state index < -0.39 is 0 Å². The lowest BCUT2D eigenvalue weighted by atomic mass is 10.1. The quantitative estimate of drug-likeness (QED) is 0.241. The number of rotatable bonds is 16. The summed E-state index contributed by atoms with van der Waals surface area (Å²) in [6.45, 7) is 7.47. The molecule has 1 saturated heterocycles. The normalized spacial score (nSPS) is 16.5. The van der Waals surface area contributed by atoms with Gasteiger partial charge in [0.2, 0.25) is 5.91 Å². The summed E-state index contributed by atoms with van der Waals surface area (Å²) in [6, 6.07) is -0.0382. The zero-order chi connectivity index (χ0) is 20.5. The van der Waals surface area contributed by atoms with Crippen molar-refractivity contribution in [2.24, 2.45) is 0 Å². The predicted molar refractivity (Wildman–Crippen MR) is 120 cm³/mol. The van der Waals surface area contributed by atoms with E-state index in [-0.39, 0.29) is 17.2 Å². The number of hydrogen-bond acceptors (Lipinski definition) is 3. The summed E-state index contributed by atoms with van der Waals surface area (Å²) in [5.74, 6) is 0.126. The first-order valence-electron chi connectivity index (χ1n) is 11.0. The minimum Gasteiger partial charge on any atom is -0.338 e. The van der Waals surface area contributed by atoms with Gasteiger partial charge < -0.3 is 16.0 Å². The van der Waals surface area contributed by atoms with E-state index in [9.17, 15) is 9.59 Å². The van der Waals surface area contributed by atoms with Crippen LogP contribution in [-0.2, 0) is 4.79 Å². The predicted octanol–water partition coefficient (Wildman–Crippen LogP) is 5.25. The summed E-state index contributed by atoms with van der Waals surface area (Å²) < 4.78 is 0. The summed E-state index contributed by atoms with van der Waals surface area (Å²) in [5.41, 5.74) is 0. The van der Waals surface area contributed by atoms with Crippen LogP contribution < -0.4 is 16.0 Å². The monoisotopic (exact) mass is 409 g/mol. The standard InChI is InChI=1S/C22H39N3O2S/c1-3-4-14-17-23-22(27)24-18-15-12-10-8-6-5-7-9-11-13-16-20-21(26)25-19(2)28-20/h6,8,20H,2-5,7,9-18H2,1H3,(H,25,26)(H2,23,24,27)/b8-6+. The van der Waals surface area contributed by atoms with Crippen LogP contribution in [0.1, 0.15) is 84.0 Å². The molecule has 1 atom stereocenters. The molecule has 1 unspecified atom stereocenters. The number of nitrogens with one attached hydrogen (secondary N) is 3. The first-order chi connectivity index (χ1) is 13.6. The van der Waals surface area contributed by atoms with Crippen LogP contribution in [-0.4, -0.2) is 30.3 Å². The molecule has 28 heavy (non-hydrogen) atoms. The van der Waals surface area contributed by atoms with Crippen LogP contribution in [0.3, 0.4) is 0 Å². The van der Waals surface area contributed by atoms with E-state index >= 15 is 0 Å². The fraction of sp³-hybridized carbons (Fsp3) is 0.727. The highest BCUT2D eigenvalue weighted by Gasteiger charge is 2.26. The van der Waals surface area contributed by atoms with Crippen molar-refractivity contribution in [1.29, 1.82) is 0 Å². The van der Waals surface area contributed by atoms with Crippen molar-refractivity contribution in [2.45, 2.75) is 89.2 Å². The maximum atomic E-state index is 11.6. The lowest BCUT2D eigenvalue weighted by molar-refractivity contribution is -0.119. The first-order valence-corrected chi connectivity index (χ1v) is 11.8. The molecule has 0 aromatic carbocycles. The molecule has 1 rings (SSSR count). The molecule has 0 radical (unpaired) electrons. The van der Waals surface area contributed by atoms with E-state index in [4.69, 9.17) is 0 Å². The molecular weight excluding hydrogens is 370 g/mol. The Bertz CT molecular complexity index is 494. The third kappa shape index (κ3) is 12.9. The Morgan fingerprint density at radius 1 is 1.00 bits per heavy atom. The molecule has 0 aromatic rings. The Balaban J connectivity index is 1.81. The van der Waals surface area contributed by atoms with Crippen molar-refractivity contribution in [1.82, 2.24) is 16.0 Å². The van der Waals surface area contributed by atoms with E-state index in [1.54, 1.807) is 11.8 Å². The first kappa shape index (κ1) is 24.6. The topological polar surface area (TPSA) is 70.2 Å². The third-order valence-electron chi connectivity index (χ3n) is 4.74. The van der Waals surface area contributed by atoms with Crippen LogP contribution in [0.25, 0.3) is 0 Å². The Morgan fingerprint density at radius 2 is 1.61 bits per heavy atom. The molecule has 0 saturated carbocycles. The zero-order valence-electron chi connectivity index (χ0n) is 17.6.